The summed E-state index contributed by atoms with van der Waals surface area (Å²) in [7, 11) is 0. The van der Waals surface area contributed by atoms with Crippen molar-refractivity contribution in [3.05, 3.63) is 29.5 Å². The van der Waals surface area contributed by atoms with Gasteiger partial charge in [-0.15, -0.1) is 11.3 Å². The van der Waals surface area contributed by atoms with Gasteiger partial charge in [0.15, 0.2) is 0 Å². The van der Waals surface area contributed by atoms with Gasteiger partial charge in [0.05, 0.1) is 17.0 Å². The Labute approximate surface area is 113 Å². The van der Waals surface area contributed by atoms with E-state index in [9.17, 15) is 4.79 Å². The van der Waals surface area contributed by atoms with Crippen molar-refractivity contribution >= 4 is 29.1 Å². The van der Waals surface area contributed by atoms with Gasteiger partial charge in [-0.05, 0) is 11.4 Å². The molecular weight excluding hydrogens is 270 g/mol. The Hall–Kier alpha value is -1.27. The van der Waals surface area contributed by atoms with E-state index in [1.54, 1.807) is 29.4 Å². The second kappa shape index (κ2) is 6.06. The number of nitrogens with zero attached hydrogens (tertiary/aromatic N) is 1. The van der Waals surface area contributed by atoms with Gasteiger partial charge in [-0.25, -0.2) is 4.98 Å². The molecule has 1 unspecified atom stereocenters. The molecule has 0 aliphatic rings. The third-order valence-electron chi connectivity index (χ3n) is 2.26. The molecule has 1 N–H and O–H groups in total. The van der Waals surface area contributed by atoms with Crippen molar-refractivity contribution in [2.24, 2.45) is 0 Å². The monoisotopic (exact) mass is 283 g/mol. The number of rotatable bonds is 6. The van der Waals surface area contributed by atoms with Crippen LogP contribution < -0.4 is 0 Å². The lowest BCUT2D eigenvalue weighted by Gasteiger charge is -2.05. The summed E-state index contributed by atoms with van der Waals surface area (Å²) in [6, 6.07) is 3.91. The minimum Gasteiger partial charge on any atom is -0.481 e. The first-order chi connectivity index (χ1) is 8.65. The largest absolute Gasteiger partial charge is 0.481 e. The van der Waals surface area contributed by atoms with Crippen LogP contribution >= 0.6 is 23.1 Å². The van der Waals surface area contributed by atoms with Crippen molar-refractivity contribution in [3.8, 4) is 10.8 Å². The number of hydrogen-bond acceptors (Lipinski definition) is 5. The standard InChI is InChI=1S/C12H13NO3S2/c1-8(5-11(14)15)18-7-9-6-16-12(13-9)10-3-2-4-17-10/h2-4,6,8H,5,7H2,1H3,(H,14,15). The highest BCUT2D eigenvalue weighted by Gasteiger charge is 2.11. The molecule has 4 nitrogen and oxygen atoms in total. The SMILES string of the molecule is CC(CC(=O)O)SCc1coc(-c2cccs2)n1. The molecule has 0 bridgehead atoms. The predicted molar refractivity (Wildman–Crippen MR) is 72.8 cm³/mol. The van der Waals surface area contributed by atoms with Crippen molar-refractivity contribution in [2.45, 2.75) is 24.3 Å². The number of carboxylic acid groups (broad SMARTS) is 1. The summed E-state index contributed by atoms with van der Waals surface area (Å²) in [6.45, 7) is 1.90. The topological polar surface area (TPSA) is 63.3 Å². The molecule has 0 saturated carbocycles. The number of oxazole rings is 1. The normalized spacial score (nSPS) is 12.5. The van der Waals surface area contributed by atoms with Gasteiger partial charge in [0, 0.05) is 11.0 Å². The van der Waals surface area contributed by atoms with Crippen LogP contribution in [0.2, 0.25) is 0 Å². The van der Waals surface area contributed by atoms with E-state index in [1.165, 1.54) is 0 Å². The fraction of sp³-hybridized carbons (Fsp3) is 0.333. The van der Waals surface area contributed by atoms with Crippen LogP contribution in [0.15, 0.2) is 28.2 Å². The van der Waals surface area contributed by atoms with Crippen molar-refractivity contribution in [1.82, 2.24) is 4.98 Å². The number of aliphatic carboxylic acids is 1. The van der Waals surface area contributed by atoms with Crippen LogP contribution in [-0.4, -0.2) is 21.3 Å². The van der Waals surface area contributed by atoms with E-state index in [1.807, 2.05) is 24.4 Å². The minimum absolute atomic E-state index is 0.0735. The molecule has 6 heteroatoms. The molecule has 2 aromatic heterocycles. The highest BCUT2D eigenvalue weighted by molar-refractivity contribution is 7.99. The van der Waals surface area contributed by atoms with Crippen LogP contribution in [0.5, 0.6) is 0 Å². The molecule has 0 amide bonds. The second-order valence-electron chi connectivity index (χ2n) is 3.84. The van der Waals surface area contributed by atoms with Crippen LogP contribution in [0.1, 0.15) is 19.0 Å². The quantitative estimate of drug-likeness (QED) is 0.879. The smallest absolute Gasteiger partial charge is 0.304 e. The van der Waals surface area contributed by atoms with Gasteiger partial charge in [0.25, 0.3) is 0 Å². The van der Waals surface area contributed by atoms with E-state index in [4.69, 9.17) is 9.52 Å². The van der Waals surface area contributed by atoms with Crippen LogP contribution in [0.3, 0.4) is 0 Å². The lowest BCUT2D eigenvalue weighted by Crippen LogP contribution is -2.05. The molecule has 0 aromatic carbocycles. The maximum Gasteiger partial charge on any atom is 0.304 e. The van der Waals surface area contributed by atoms with Crippen molar-refractivity contribution < 1.29 is 14.3 Å². The zero-order valence-corrected chi connectivity index (χ0v) is 11.5. The van der Waals surface area contributed by atoms with E-state index < -0.39 is 5.97 Å². The molecular formula is C12H13NO3S2. The Morgan fingerprint density at radius 2 is 2.50 bits per heavy atom. The molecule has 2 aromatic rings. The second-order valence-corrected chi connectivity index (χ2v) is 6.22. The van der Waals surface area contributed by atoms with E-state index in [0.29, 0.717) is 11.6 Å². The van der Waals surface area contributed by atoms with Crippen molar-refractivity contribution in [1.29, 1.82) is 0 Å². The van der Waals surface area contributed by atoms with Gasteiger partial charge in [0.2, 0.25) is 5.89 Å². The third kappa shape index (κ3) is 3.61. The predicted octanol–water partition coefficient (Wildman–Crippen LogP) is 3.50. The molecule has 0 aliphatic heterocycles. The fourth-order valence-corrected chi connectivity index (χ4v) is 2.92. The van der Waals surface area contributed by atoms with Crippen LogP contribution in [0, 0.1) is 0 Å². The maximum absolute atomic E-state index is 10.5. The highest BCUT2D eigenvalue weighted by atomic mass is 32.2. The zero-order valence-electron chi connectivity index (χ0n) is 9.83. The fourth-order valence-electron chi connectivity index (χ4n) is 1.42. The number of hydrogen-bond donors (Lipinski definition) is 1. The van der Waals surface area contributed by atoms with Crippen LogP contribution in [0.25, 0.3) is 10.8 Å². The lowest BCUT2D eigenvalue weighted by atomic mass is 10.3. The number of thioether (sulfide) groups is 1. The number of thiophene rings is 1. The molecule has 2 rings (SSSR count). The summed E-state index contributed by atoms with van der Waals surface area (Å²) >= 11 is 3.15. The molecule has 0 spiro atoms. The van der Waals surface area contributed by atoms with Gasteiger partial charge >= 0.3 is 5.97 Å². The van der Waals surface area contributed by atoms with Gasteiger partial charge in [0.1, 0.15) is 6.26 Å². The van der Waals surface area contributed by atoms with Gasteiger partial charge in [-0.1, -0.05) is 13.0 Å². The van der Waals surface area contributed by atoms with Crippen LogP contribution in [-0.2, 0) is 10.5 Å². The molecule has 0 saturated heterocycles. The average Bonchev–Trinajstić information content (AvgIpc) is 2.96. The lowest BCUT2D eigenvalue weighted by molar-refractivity contribution is -0.136. The molecule has 0 aliphatic carbocycles. The van der Waals surface area contributed by atoms with E-state index in [0.717, 1.165) is 10.6 Å². The minimum atomic E-state index is -0.769. The van der Waals surface area contributed by atoms with Crippen molar-refractivity contribution in [2.75, 3.05) is 0 Å². The Kier molecular flexibility index (Phi) is 4.43. The summed E-state index contributed by atoms with van der Waals surface area (Å²) in [6.07, 6.45) is 1.80. The summed E-state index contributed by atoms with van der Waals surface area (Å²) in [5.41, 5.74) is 0.848. The Bertz CT molecular complexity index is 507. The maximum atomic E-state index is 10.5. The van der Waals surface area contributed by atoms with E-state index in [2.05, 4.69) is 4.98 Å². The Morgan fingerprint density at radius 3 is 3.17 bits per heavy atom. The Balaban J connectivity index is 1.89. The summed E-state index contributed by atoms with van der Waals surface area (Å²) in [5.74, 6) is 0.532. The zero-order chi connectivity index (χ0) is 13.0. The van der Waals surface area contributed by atoms with E-state index in [-0.39, 0.29) is 11.7 Å². The van der Waals surface area contributed by atoms with Gasteiger partial charge in [-0.2, -0.15) is 11.8 Å². The van der Waals surface area contributed by atoms with Crippen LogP contribution in [0.4, 0.5) is 0 Å². The van der Waals surface area contributed by atoms with Crippen molar-refractivity contribution in [3.63, 3.8) is 0 Å². The third-order valence-corrected chi connectivity index (χ3v) is 4.32. The summed E-state index contributed by atoms with van der Waals surface area (Å²) in [5, 5.41) is 10.7. The number of carbonyl (C=O) groups is 1. The molecule has 96 valence electrons. The van der Waals surface area contributed by atoms with Gasteiger partial charge < -0.3 is 9.52 Å². The first kappa shape index (κ1) is 13.2. The summed E-state index contributed by atoms with van der Waals surface area (Å²) in [4.78, 5) is 15.9. The number of carboxylic acids is 1. The molecule has 18 heavy (non-hydrogen) atoms. The average molecular weight is 283 g/mol. The Morgan fingerprint density at radius 1 is 1.67 bits per heavy atom. The van der Waals surface area contributed by atoms with Gasteiger partial charge in [-0.3, -0.25) is 4.79 Å². The molecule has 2 heterocycles. The molecule has 0 radical (unpaired) electrons. The first-order valence-electron chi connectivity index (χ1n) is 5.47. The molecule has 0 fully saturated rings. The van der Waals surface area contributed by atoms with E-state index >= 15 is 0 Å². The first-order valence-corrected chi connectivity index (χ1v) is 7.39. The highest BCUT2D eigenvalue weighted by Crippen LogP contribution is 2.26. The molecule has 1 atom stereocenters. The summed E-state index contributed by atoms with van der Waals surface area (Å²) < 4.78 is 5.39. The number of aromatic nitrogens is 1.